The summed E-state index contributed by atoms with van der Waals surface area (Å²) in [5, 5.41) is 10.4. The smallest absolute Gasteiger partial charge is 0.232 e. The van der Waals surface area contributed by atoms with Crippen LogP contribution in [0.5, 0.6) is 11.5 Å². The minimum atomic E-state index is -0.180. The number of piperidine rings is 1. The molecule has 1 N–H and O–H groups in total. The molecule has 2 aliphatic heterocycles. The zero-order chi connectivity index (χ0) is 19.1. The molecule has 0 unspecified atom stereocenters. The van der Waals surface area contributed by atoms with Gasteiger partial charge in [-0.1, -0.05) is 13.8 Å². The summed E-state index contributed by atoms with van der Waals surface area (Å²) in [7, 11) is 0. The summed E-state index contributed by atoms with van der Waals surface area (Å²) in [6.07, 6.45) is 2.83. The first-order valence-electron chi connectivity index (χ1n) is 9.48. The average Bonchev–Trinajstić information content (AvgIpc) is 3.14. The average molecular weight is 367 g/mol. The van der Waals surface area contributed by atoms with Gasteiger partial charge >= 0.3 is 0 Å². The number of ether oxygens (including phenoxy) is 1. The van der Waals surface area contributed by atoms with Crippen molar-refractivity contribution >= 4 is 11.9 Å². The standard InChI is InChI=1S/C22H25NO4/c1-13-8-14(2)11-23(10-13)12-18-19(24)7-6-17-21(25)20(27-22(17)18)9-16-5-4-15(3)26-16/h4-7,9,13-14,24H,8,10-12H2,1-3H3/b20-9-/t13-,14-/m0/s1. The summed E-state index contributed by atoms with van der Waals surface area (Å²) >= 11 is 0. The number of ketones is 1. The Morgan fingerprint density at radius 2 is 1.93 bits per heavy atom. The Kier molecular flexibility index (Phi) is 4.56. The zero-order valence-electron chi connectivity index (χ0n) is 16.0. The second-order valence-corrected chi connectivity index (χ2v) is 7.97. The van der Waals surface area contributed by atoms with Crippen molar-refractivity contribution in [3.05, 3.63) is 52.7 Å². The molecule has 4 rings (SSSR count). The molecule has 1 fully saturated rings. The molecule has 3 heterocycles. The van der Waals surface area contributed by atoms with Gasteiger partial charge in [-0.2, -0.15) is 0 Å². The van der Waals surface area contributed by atoms with E-state index in [1.807, 2.05) is 13.0 Å². The van der Waals surface area contributed by atoms with Crippen LogP contribution in [0.3, 0.4) is 0 Å². The first kappa shape index (κ1) is 17.9. The first-order valence-corrected chi connectivity index (χ1v) is 9.48. The van der Waals surface area contributed by atoms with E-state index in [0.29, 0.717) is 41.0 Å². The maximum Gasteiger partial charge on any atom is 0.232 e. The lowest BCUT2D eigenvalue weighted by atomic mass is 9.91. The number of phenols is 1. The molecule has 5 heteroatoms. The third-order valence-electron chi connectivity index (χ3n) is 5.28. The fourth-order valence-electron chi connectivity index (χ4n) is 4.25. The number of aryl methyl sites for hydroxylation is 1. The molecule has 142 valence electrons. The predicted molar refractivity (Wildman–Crippen MR) is 103 cm³/mol. The van der Waals surface area contributed by atoms with Gasteiger partial charge in [0.15, 0.2) is 5.76 Å². The Bertz CT molecular complexity index is 901. The van der Waals surface area contributed by atoms with Gasteiger partial charge in [0.05, 0.1) is 11.1 Å². The van der Waals surface area contributed by atoms with Crippen molar-refractivity contribution in [2.75, 3.05) is 13.1 Å². The second-order valence-electron chi connectivity index (χ2n) is 7.97. The highest BCUT2D eigenvalue weighted by Gasteiger charge is 2.33. The molecule has 0 bridgehead atoms. The van der Waals surface area contributed by atoms with Crippen molar-refractivity contribution in [2.45, 2.75) is 33.7 Å². The predicted octanol–water partition coefficient (Wildman–Crippen LogP) is 4.39. The van der Waals surface area contributed by atoms with E-state index in [0.717, 1.165) is 18.8 Å². The maximum absolute atomic E-state index is 12.7. The summed E-state index contributed by atoms with van der Waals surface area (Å²) in [6.45, 7) is 8.90. The number of carbonyl (C=O) groups excluding carboxylic acids is 1. The number of rotatable bonds is 3. The van der Waals surface area contributed by atoms with Crippen LogP contribution in [0.4, 0.5) is 0 Å². The van der Waals surface area contributed by atoms with Crippen LogP contribution in [0.2, 0.25) is 0 Å². The van der Waals surface area contributed by atoms with Crippen molar-refractivity contribution in [1.29, 1.82) is 0 Å². The molecule has 1 aromatic carbocycles. The number of benzene rings is 1. The number of likely N-dealkylation sites (tertiary alicyclic amines) is 1. The molecular formula is C22H25NO4. The van der Waals surface area contributed by atoms with Gasteiger partial charge in [-0.15, -0.1) is 0 Å². The van der Waals surface area contributed by atoms with Crippen LogP contribution >= 0.6 is 0 Å². The van der Waals surface area contributed by atoms with Gasteiger partial charge in [0.25, 0.3) is 0 Å². The van der Waals surface area contributed by atoms with Crippen molar-refractivity contribution in [3.8, 4) is 11.5 Å². The summed E-state index contributed by atoms with van der Waals surface area (Å²) in [4.78, 5) is 15.1. The van der Waals surface area contributed by atoms with E-state index >= 15 is 0 Å². The number of phenolic OH excluding ortho intramolecular Hbond substituents is 1. The molecule has 2 atom stereocenters. The highest BCUT2D eigenvalue weighted by atomic mass is 16.5. The molecule has 1 aromatic heterocycles. The molecular weight excluding hydrogens is 342 g/mol. The molecule has 2 aromatic rings. The van der Waals surface area contributed by atoms with Gasteiger partial charge in [0, 0.05) is 25.7 Å². The van der Waals surface area contributed by atoms with Gasteiger partial charge in [-0.25, -0.2) is 0 Å². The molecule has 0 amide bonds. The summed E-state index contributed by atoms with van der Waals surface area (Å²) < 4.78 is 11.4. The Balaban J connectivity index is 1.63. The molecule has 2 aliphatic rings. The number of nitrogens with zero attached hydrogens (tertiary/aromatic N) is 1. The van der Waals surface area contributed by atoms with E-state index in [9.17, 15) is 9.90 Å². The van der Waals surface area contributed by atoms with Crippen LogP contribution in [0.25, 0.3) is 6.08 Å². The fraction of sp³-hybridized carbons (Fsp3) is 0.409. The van der Waals surface area contributed by atoms with E-state index in [1.165, 1.54) is 6.42 Å². The summed E-state index contributed by atoms with van der Waals surface area (Å²) in [5.41, 5.74) is 1.18. The quantitative estimate of drug-likeness (QED) is 0.815. The number of fused-ring (bicyclic) bond motifs is 1. The number of allylic oxidation sites excluding steroid dienone is 1. The SMILES string of the molecule is Cc1ccc(/C=C2\Oc3c(ccc(O)c3CN3C[C@@H](C)C[C@H](C)C3)C2=O)o1. The van der Waals surface area contributed by atoms with Gasteiger partial charge in [-0.3, -0.25) is 9.69 Å². The molecule has 5 nitrogen and oxygen atoms in total. The van der Waals surface area contributed by atoms with Gasteiger partial charge in [-0.05, 0) is 49.4 Å². The molecule has 27 heavy (non-hydrogen) atoms. The summed E-state index contributed by atoms with van der Waals surface area (Å²) in [5.74, 6) is 3.28. The topological polar surface area (TPSA) is 62.9 Å². The van der Waals surface area contributed by atoms with Crippen LogP contribution in [0.1, 0.15) is 47.7 Å². The maximum atomic E-state index is 12.7. The van der Waals surface area contributed by atoms with Crippen LogP contribution in [-0.4, -0.2) is 28.9 Å². The normalized spacial score (nSPS) is 24.3. The lowest BCUT2D eigenvalue weighted by molar-refractivity contribution is 0.101. The second kappa shape index (κ2) is 6.89. The lowest BCUT2D eigenvalue weighted by Crippen LogP contribution is -2.38. The largest absolute Gasteiger partial charge is 0.507 e. The molecule has 1 saturated heterocycles. The zero-order valence-corrected chi connectivity index (χ0v) is 16.0. The monoisotopic (exact) mass is 367 g/mol. The van der Waals surface area contributed by atoms with Gasteiger partial charge in [0.1, 0.15) is 23.0 Å². The van der Waals surface area contributed by atoms with Gasteiger partial charge < -0.3 is 14.3 Å². The Morgan fingerprint density at radius 3 is 2.59 bits per heavy atom. The Morgan fingerprint density at radius 1 is 1.19 bits per heavy atom. The van der Waals surface area contributed by atoms with E-state index in [4.69, 9.17) is 9.15 Å². The van der Waals surface area contributed by atoms with Crippen molar-refractivity contribution in [3.63, 3.8) is 0 Å². The van der Waals surface area contributed by atoms with E-state index < -0.39 is 0 Å². The minimum absolute atomic E-state index is 0.169. The fourth-order valence-corrected chi connectivity index (χ4v) is 4.25. The van der Waals surface area contributed by atoms with Crippen LogP contribution < -0.4 is 4.74 Å². The number of carbonyl (C=O) groups is 1. The minimum Gasteiger partial charge on any atom is -0.507 e. The molecule has 0 spiro atoms. The third kappa shape index (κ3) is 3.52. The number of Topliss-reactive ketones (excluding diaryl/α,β-unsaturated/α-hetero) is 1. The number of hydrogen-bond donors (Lipinski definition) is 1. The summed E-state index contributed by atoms with van der Waals surface area (Å²) in [6, 6.07) is 6.87. The number of aromatic hydroxyl groups is 1. The highest BCUT2D eigenvalue weighted by molar-refractivity contribution is 6.14. The number of hydrogen-bond acceptors (Lipinski definition) is 5. The third-order valence-corrected chi connectivity index (χ3v) is 5.28. The van der Waals surface area contributed by atoms with Crippen molar-refractivity contribution in [1.82, 2.24) is 4.90 Å². The van der Waals surface area contributed by atoms with E-state index in [2.05, 4.69) is 18.7 Å². The van der Waals surface area contributed by atoms with Crippen molar-refractivity contribution in [2.24, 2.45) is 11.8 Å². The number of furan rings is 1. The first-order chi connectivity index (χ1) is 12.9. The van der Waals surface area contributed by atoms with E-state index in [1.54, 1.807) is 24.3 Å². The molecule has 0 saturated carbocycles. The van der Waals surface area contributed by atoms with Crippen LogP contribution in [0.15, 0.2) is 34.4 Å². The Labute approximate surface area is 159 Å². The van der Waals surface area contributed by atoms with Crippen molar-refractivity contribution < 1.29 is 19.1 Å². The van der Waals surface area contributed by atoms with Crippen LogP contribution in [-0.2, 0) is 6.54 Å². The lowest BCUT2D eigenvalue weighted by Gasteiger charge is -2.35. The van der Waals surface area contributed by atoms with E-state index in [-0.39, 0.29) is 17.3 Å². The highest BCUT2D eigenvalue weighted by Crippen LogP contribution is 2.40. The van der Waals surface area contributed by atoms with Gasteiger partial charge in [0.2, 0.25) is 5.78 Å². The molecule has 0 radical (unpaired) electrons. The Hall–Kier alpha value is -2.53. The molecule has 0 aliphatic carbocycles. The van der Waals surface area contributed by atoms with Crippen LogP contribution in [0, 0.1) is 18.8 Å².